The van der Waals surface area contributed by atoms with Crippen LogP contribution in [-0.4, -0.2) is 18.4 Å². The van der Waals surface area contributed by atoms with Gasteiger partial charge < -0.3 is 4.74 Å². The summed E-state index contributed by atoms with van der Waals surface area (Å²) < 4.78 is 18.5. The van der Waals surface area contributed by atoms with Gasteiger partial charge >= 0.3 is 5.97 Å². The molecular formula is C22H17FO3. The van der Waals surface area contributed by atoms with Gasteiger partial charge in [-0.1, -0.05) is 66.7 Å². The third-order valence-electron chi connectivity index (χ3n) is 3.95. The number of carbonyl (C=O) groups excluding carboxylic acids is 2. The lowest BCUT2D eigenvalue weighted by Gasteiger charge is -2.06. The van der Waals surface area contributed by atoms with Gasteiger partial charge in [-0.15, -0.1) is 0 Å². The average Bonchev–Trinajstić information content (AvgIpc) is 2.68. The van der Waals surface area contributed by atoms with Gasteiger partial charge in [-0.2, -0.15) is 0 Å². The minimum atomic E-state index is -0.620. The van der Waals surface area contributed by atoms with E-state index in [4.69, 9.17) is 4.74 Å². The molecule has 0 N–H and O–H groups in total. The van der Waals surface area contributed by atoms with Crippen molar-refractivity contribution in [2.75, 3.05) is 6.61 Å². The highest BCUT2D eigenvalue weighted by molar-refractivity contribution is 5.98. The summed E-state index contributed by atoms with van der Waals surface area (Å²) in [6.45, 7) is -0.470. The van der Waals surface area contributed by atoms with E-state index in [9.17, 15) is 14.0 Å². The van der Waals surface area contributed by atoms with Crippen molar-refractivity contribution in [1.82, 2.24) is 0 Å². The fraction of sp³-hybridized carbons (Fsp3) is 0.0909. The Labute approximate surface area is 151 Å². The molecule has 0 aliphatic rings. The van der Waals surface area contributed by atoms with Gasteiger partial charge in [0.1, 0.15) is 5.82 Å². The first-order valence-corrected chi connectivity index (χ1v) is 8.21. The summed E-state index contributed by atoms with van der Waals surface area (Å²) in [6, 6.07) is 23.1. The van der Waals surface area contributed by atoms with Crippen molar-refractivity contribution < 1.29 is 18.7 Å². The summed E-state index contributed by atoms with van der Waals surface area (Å²) >= 11 is 0. The molecule has 0 aliphatic heterocycles. The number of ether oxygens (including phenoxy) is 1. The molecule has 0 aliphatic carbocycles. The van der Waals surface area contributed by atoms with E-state index in [0.29, 0.717) is 0 Å². The van der Waals surface area contributed by atoms with Gasteiger partial charge in [0, 0.05) is 0 Å². The van der Waals surface area contributed by atoms with Crippen LogP contribution in [0.3, 0.4) is 0 Å². The third-order valence-corrected chi connectivity index (χ3v) is 3.95. The van der Waals surface area contributed by atoms with Crippen LogP contribution in [0.1, 0.15) is 15.9 Å². The molecule has 0 aromatic heterocycles. The minimum Gasteiger partial charge on any atom is -0.457 e. The molecule has 0 heterocycles. The quantitative estimate of drug-likeness (QED) is 0.488. The molecule has 0 radical (unpaired) electrons. The van der Waals surface area contributed by atoms with E-state index in [2.05, 4.69) is 0 Å². The highest BCUT2D eigenvalue weighted by Gasteiger charge is 2.14. The van der Waals surface area contributed by atoms with Crippen molar-refractivity contribution in [3.05, 3.63) is 95.8 Å². The maximum absolute atomic E-state index is 13.5. The van der Waals surface area contributed by atoms with Gasteiger partial charge in [0.25, 0.3) is 0 Å². The number of halogens is 1. The molecule has 0 spiro atoms. The Bertz CT molecular complexity index is 902. The van der Waals surface area contributed by atoms with E-state index in [1.54, 1.807) is 6.07 Å². The van der Waals surface area contributed by atoms with E-state index in [-0.39, 0.29) is 12.0 Å². The fourth-order valence-corrected chi connectivity index (χ4v) is 2.57. The largest absolute Gasteiger partial charge is 0.457 e. The van der Waals surface area contributed by atoms with Crippen molar-refractivity contribution in [2.45, 2.75) is 6.42 Å². The number of ketones is 1. The zero-order valence-electron chi connectivity index (χ0n) is 14.0. The van der Waals surface area contributed by atoms with Crippen molar-refractivity contribution in [3.63, 3.8) is 0 Å². The predicted octanol–water partition coefficient (Wildman–Crippen LogP) is 4.46. The number of carbonyl (C=O) groups is 2. The van der Waals surface area contributed by atoms with Gasteiger partial charge in [-0.3, -0.25) is 9.59 Å². The maximum Gasteiger partial charge on any atom is 0.310 e. The van der Waals surface area contributed by atoms with Crippen molar-refractivity contribution in [2.24, 2.45) is 0 Å². The molecule has 3 aromatic rings. The van der Waals surface area contributed by atoms with E-state index < -0.39 is 24.2 Å². The highest BCUT2D eigenvalue weighted by Crippen LogP contribution is 2.19. The molecule has 0 fully saturated rings. The SMILES string of the molecule is O=C(Cc1ccc(-c2ccccc2)cc1)OCC(=O)c1ccccc1F. The topological polar surface area (TPSA) is 43.4 Å². The van der Waals surface area contributed by atoms with Crippen LogP contribution in [0.4, 0.5) is 4.39 Å². The molecule has 26 heavy (non-hydrogen) atoms. The van der Waals surface area contributed by atoms with Crippen molar-refractivity contribution >= 4 is 11.8 Å². The second kappa shape index (κ2) is 8.21. The molecule has 3 aromatic carbocycles. The molecule has 3 nitrogen and oxygen atoms in total. The molecule has 3 rings (SSSR count). The highest BCUT2D eigenvalue weighted by atomic mass is 19.1. The molecule has 0 saturated carbocycles. The number of hydrogen-bond donors (Lipinski definition) is 0. The molecule has 0 amide bonds. The first-order chi connectivity index (χ1) is 12.6. The Balaban J connectivity index is 1.55. The van der Waals surface area contributed by atoms with Gasteiger partial charge in [0.05, 0.1) is 12.0 Å². The second-order valence-electron chi connectivity index (χ2n) is 5.80. The fourth-order valence-electron chi connectivity index (χ4n) is 2.57. The monoisotopic (exact) mass is 348 g/mol. The molecule has 0 unspecified atom stereocenters. The first-order valence-electron chi connectivity index (χ1n) is 8.21. The Morgan fingerprint density at radius 2 is 1.38 bits per heavy atom. The summed E-state index contributed by atoms with van der Waals surface area (Å²) in [5.74, 6) is -1.71. The summed E-state index contributed by atoms with van der Waals surface area (Å²) in [6.07, 6.45) is 0.0552. The summed E-state index contributed by atoms with van der Waals surface area (Å²) in [4.78, 5) is 23.8. The number of hydrogen-bond acceptors (Lipinski definition) is 3. The normalized spacial score (nSPS) is 10.3. The Kier molecular flexibility index (Phi) is 5.54. The van der Waals surface area contributed by atoms with Crippen LogP contribution in [0.15, 0.2) is 78.9 Å². The molecule has 0 saturated heterocycles. The third kappa shape index (κ3) is 4.42. The van der Waals surface area contributed by atoms with Crippen LogP contribution in [-0.2, 0) is 16.0 Å². The molecule has 4 heteroatoms. The zero-order valence-corrected chi connectivity index (χ0v) is 14.0. The maximum atomic E-state index is 13.5. The predicted molar refractivity (Wildman–Crippen MR) is 97.3 cm³/mol. The molecular weight excluding hydrogens is 331 g/mol. The number of rotatable bonds is 6. The van der Waals surface area contributed by atoms with Crippen LogP contribution in [0.5, 0.6) is 0 Å². The van der Waals surface area contributed by atoms with Crippen LogP contribution in [0.2, 0.25) is 0 Å². The lowest BCUT2D eigenvalue weighted by Crippen LogP contribution is -2.16. The second-order valence-corrected chi connectivity index (χ2v) is 5.80. The number of benzene rings is 3. The minimum absolute atomic E-state index is 0.0552. The van der Waals surface area contributed by atoms with Crippen LogP contribution in [0.25, 0.3) is 11.1 Å². The van der Waals surface area contributed by atoms with Gasteiger partial charge in [-0.05, 0) is 28.8 Å². The first kappa shape index (κ1) is 17.5. The number of Topliss-reactive ketones (excluding diaryl/α,β-unsaturated/α-hetero) is 1. The van der Waals surface area contributed by atoms with Gasteiger partial charge in [-0.25, -0.2) is 4.39 Å². The Hall–Kier alpha value is -3.27. The number of esters is 1. The molecule has 0 bridgehead atoms. The lowest BCUT2D eigenvalue weighted by molar-refractivity contribution is -0.141. The Morgan fingerprint density at radius 3 is 2.08 bits per heavy atom. The van der Waals surface area contributed by atoms with Crippen LogP contribution < -0.4 is 0 Å². The van der Waals surface area contributed by atoms with Gasteiger partial charge in [0.2, 0.25) is 5.78 Å². The Morgan fingerprint density at radius 1 is 0.769 bits per heavy atom. The summed E-state index contributed by atoms with van der Waals surface area (Å²) in [7, 11) is 0. The zero-order chi connectivity index (χ0) is 18.4. The van der Waals surface area contributed by atoms with E-state index in [1.807, 2.05) is 54.6 Å². The van der Waals surface area contributed by atoms with E-state index in [0.717, 1.165) is 16.7 Å². The molecule has 0 atom stereocenters. The van der Waals surface area contributed by atoms with Crippen molar-refractivity contribution in [1.29, 1.82) is 0 Å². The smallest absolute Gasteiger partial charge is 0.310 e. The van der Waals surface area contributed by atoms with Crippen molar-refractivity contribution in [3.8, 4) is 11.1 Å². The van der Waals surface area contributed by atoms with E-state index >= 15 is 0 Å². The standard InChI is InChI=1S/C22H17FO3/c23-20-9-5-4-8-19(20)21(24)15-26-22(25)14-16-10-12-18(13-11-16)17-6-2-1-3-7-17/h1-13H,14-15H2. The summed E-state index contributed by atoms with van der Waals surface area (Å²) in [5, 5.41) is 0. The lowest BCUT2D eigenvalue weighted by atomic mass is 10.0. The van der Waals surface area contributed by atoms with Crippen LogP contribution >= 0.6 is 0 Å². The van der Waals surface area contributed by atoms with Gasteiger partial charge in [0.15, 0.2) is 6.61 Å². The average molecular weight is 348 g/mol. The summed E-state index contributed by atoms with van der Waals surface area (Å²) in [5.41, 5.74) is 2.86. The molecule has 130 valence electrons. The van der Waals surface area contributed by atoms with Crippen LogP contribution in [0, 0.1) is 5.82 Å². The van der Waals surface area contributed by atoms with E-state index in [1.165, 1.54) is 18.2 Å².